The fraction of sp³-hybridized carbons (Fsp3) is 0. The van der Waals surface area contributed by atoms with Crippen LogP contribution in [0.2, 0.25) is 0 Å². The predicted molar refractivity (Wildman–Crippen MR) is 102 cm³/mol. The Bertz CT molecular complexity index is 602. The van der Waals surface area contributed by atoms with Crippen molar-refractivity contribution in [3.05, 3.63) is 78.9 Å². The van der Waals surface area contributed by atoms with Crippen molar-refractivity contribution < 1.29 is 17.7 Å². The third kappa shape index (κ3) is 5.48. The van der Waals surface area contributed by atoms with Gasteiger partial charge in [0, 0.05) is 12.1 Å². The van der Waals surface area contributed by atoms with Crippen molar-refractivity contribution in [3.8, 4) is 22.6 Å². The Labute approximate surface area is 154 Å². The molecule has 0 radical (unpaired) electrons. The third-order valence-electron chi connectivity index (χ3n) is 2.83. The van der Waals surface area contributed by atoms with Crippen molar-refractivity contribution in [2.75, 3.05) is 0 Å². The molecule has 1 heterocycles. The normalized spacial score (nSPS) is 9.81. The predicted octanol–water partition coefficient (Wildman–Crippen LogP) is 3.67. The van der Waals surface area contributed by atoms with E-state index in [1.54, 1.807) is 0 Å². The summed E-state index contributed by atoms with van der Waals surface area (Å²) in [6.07, 6.45) is 0. The van der Waals surface area contributed by atoms with Crippen molar-refractivity contribution in [3.63, 3.8) is 0 Å². The standard InChI is InChI=1S/C17H13O.I3/c1-3-8-14(9-4-1)16-12-7-13-17(18-16)15-10-5-2-6-11-15;1-3-2/h1-13H;/q+1;-1. The number of hydrogen-bond acceptors (Lipinski definition) is 0. The summed E-state index contributed by atoms with van der Waals surface area (Å²) in [5.41, 5.74) is 2.19. The van der Waals surface area contributed by atoms with E-state index < -0.39 is 0 Å². The summed E-state index contributed by atoms with van der Waals surface area (Å²) in [6.45, 7) is 0. The Kier molecular flexibility index (Phi) is 7.94. The minimum Gasteiger partial charge on any atom is -0.207 e. The molecule has 2 aromatic carbocycles. The minimum atomic E-state index is 0.530. The fourth-order valence-corrected chi connectivity index (χ4v) is 1.92. The first-order valence-corrected chi connectivity index (χ1v) is 18.8. The number of hydrogen-bond donors (Lipinski definition) is 0. The summed E-state index contributed by atoms with van der Waals surface area (Å²) in [5, 5.41) is 0. The van der Waals surface area contributed by atoms with E-state index in [0.29, 0.717) is 13.3 Å². The Morgan fingerprint density at radius 3 is 1.33 bits per heavy atom. The molecule has 0 saturated heterocycles. The Hall–Kier alpha value is -0.220. The van der Waals surface area contributed by atoms with E-state index in [4.69, 9.17) is 4.42 Å². The van der Waals surface area contributed by atoms with Gasteiger partial charge in [-0.3, -0.25) is 0 Å². The molecule has 1 aromatic heterocycles. The van der Waals surface area contributed by atoms with Crippen molar-refractivity contribution in [1.29, 1.82) is 0 Å². The minimum absolute atomic E-state index is 0.530. The molecule has 0 N–H and O–H groups in total. The summed E-state index contributed by atoms with van der Waals surface area (Å²) in [4.78, 5) is 0. The topological polar surface area (TPSA) is 11.3 Å². The van der Waals surface area contributed by atoms with Crippen molar-refractivity contribution in [1.82, 2.24) is 0 Å². The molecule has 3 rings (SSSR count). The van der Waals surface area contributed by atoms with Crippen LogP contribution in [0, 0.1) is 0 Å². The number of rotatable bonds is 2. The number of benzene rings is 2. The molecule has 3 aromatic rings. The Balaban J connectivity index is 0.000000497. The Morgan fingerprint density at radius 1 is 0.571 bits per heavy atom. The van der Waals surface area contributed by atoms with E-state index in [1.807, 2.05) is 78.9 Å². The maximum Gasteiger partial charge on any atom is 0.360 e. The van der Waals surface area contributed by atoms with Crippen LogP contribution < -0.4 is 13.3 Å². The van der Waals surface area contributed by atoms with Gasteiger partial charge in [-0.25, -0.2) is 4.42 Å². The van der Waals surface area contributed by atoms with Gasteiger partial charge >= 0.3 is 62.0 Å². The van der Waals surface area contributed by atoms with Crippen LogP contribution in [0.5, 0.6) is 0 Å². The molecule has 4 heteroatoms. The first-order chi connectivity index (χ1) is 10.3. The van der Waals surface area contributed by atoms with Crippen LogP contribution in [0.25, 0.3) is 22.6 Å². The molecule has 1 nitrogen and oxygen atoms in total. The summed E-state index contributed by atoms with van der Waals surface area (Å²) < 4.78 is 5.95. The second-order valence-corrected chi connectivity index (χ2v) is 20.4. The number of halogens is 3. The molecule has 0 aliphatic carbocycles. The summed E-state index contributed by atoms with van der Waals surface area (Å²) in [7, 11) is 0. The van der Waals surface area contributed by atoms with Gasteiger partial charge in [-0.1, -0.05) is 36.4 Å². The van der Waals surface area contributed by atoms with Gasteiger partial charge in [-0.05, 0) is 30.3 Å². The van der Waals surface area contributed by atoms with Gasteiger partial charge in [0.05, 0.1) is 11.1 Å². The molecular formula is C17H13I3O. The molecule has 0 aliphatic heterocycles. The Morgan fingerprint density at radius 2 is 0.952 bits per heavy atom. The van der Waals surface area contributed by atoms with Crippen LogP contribution in [-0.2, 0) is 0 Å². The van der Waals surface area contributed by atoms with Gasteiger partial charge in [0.25, 0.3) is 0 Å². The summed E-state index contributed by atoms with van der Waals surface area (Å²) in [6, 6.07) is 26.3. The van der Waals surface area contributed by atoms with Crippen LogP contribution in [0.1, 0.15) is 0 Å². The average molecular weight is 614 g/mol. The monoisotopic (exact) mass is 614 g/mol. The smallest absolute Gasteiger partial charge is 0.207 e. The van der Waals surface area contributed by atoms with Crippen LogP contribution in [0.15, 0.2) is 83.3 Å². The molecule has 0 saturated carbocycles. The van der Waals surface area contributed by atoms with E-state index in [0.717, 1.165) is 22.6 Å². The zero-order chi connectivity index (χ0) is 14.9. The zero-order valence-corrected chi connectivity index (χ0v) is 17.5. The molecule has 0 atom stereocenters. The first kappa shape index (κ1) is 17.1. The van der Waals surface area contributed by atoms with Crippen LogP contribution in [0.4, 0.5) is 0 Å². The molecule has 0 fully saturated rings. The van der Waals surface area contributed by atoms with E-state index in [1.165, 1.54) is 0 Å². The maximum absolute atomic E-state index is 5.95. The summed E-state index contributed by atoms with van der Waals surface area (Å²) in [5.74, 6) is 1.77. The quantitative estimate of drug-likeness (QED) is 0.317. The molecule has 0 spiro atoms. The van der Waals surface area contributed by atoms with E-state index in [-0.39, 0.29) is 0 Å². The van der Waals surface area contributed by atoms with Crippen LogP contribution >= 0.6 is 37.2 Å². The molecule has 21 heavy (non-hydrogen) atoms. The summed E-state index contributed by atoms with van der Waals surface area (Å²) >= 11 is 5.30. The molecule has 108 valence electrons. The van der Waals surface area contributed by atoms with Crippen molar-refractivity contribution in [2.24, 2.45) is 0 Å². The van der Waals surface area contributed by atoms with E-state index >= 15 is 0 Å². The fourth-order valence-electron chi connectivity index (χ4n) is 1.92. The van der Waals surface area contributed by atoms with Gasteiger partial charge < -0.3 is 0 Å². The van der Waals surface area contributed by atoms with Crippen LogP contribution in [0.3, 0.4) is 0 Å². The average Bonchev–Trinajstić information content (AvgIpc) is 2.57. The van der Waals surface area contributed by atoms with Crippen molar-refractivity contribution in [2.45, 2.75) is 0 Å². The molecule has 0 bridgehead atoms. The molecule has 0 unspecified atom stereocenters. The van der Waals surface area contributed by atoms with Crippen molar-refractivity contribution >= 4 is 37.2 Å². The van der Waals surface area contributed by atoms with Gasteiger partial charge in [-0.2, -0.15) is 0 Å². The largest absolute Gasteiger partial charge is 0.360 e. The zero-order valence-electron chi connectivity index (χ0n) is 11.0. The molecular weight excluding hydrogens is 601 g/mol. The van der Waals surface area contributed by atoms with Gasteiger partial charge in [-0.15, -0.1) is 0 Å². The van der Waals surface area contributed by atoms with E-state index in [2.05, 4.69) is 37.2 Å². The second-order valence-electron chi connectivity index (χ2n) is 4.14. The third-order valence-corrected chi connectivity index (χ3v) is 2.83. The SMILES string of the molecule is I[I-]I.c1ccc(-c2cccc(-c3ccccc3)[o+]2)cc1. The van der Waals surface area contributed by atoms with Gasteiger partial charge in [0.1, 0.15) is 0 Å². The molecule has 0 aliphatic rings. The molecule has 0 amide bonds. The maximum atomic E-state index is 5.95. The van der Waals surface area contributed by atoms with E-state index in [9.17, 15) is 0 Å². The van der Waals surface area contributed by atoms with Gasteiger partial charge in [0.15, 0.2) is 0 Å². The van der Waals surface area contributed by atoms with Gasteiger partial charge in [0.2, 0.25) is 0 Å². The second kappa shape index (κ2) is 9.73. The first-order valence-electron chi connectivity index (χ1n) is 6.26. The van der Waals surface area contributed by atoms with Crippen LogP contribution in [-0.4, -0.2) is 0 Å².